The van der Waals surface area contributed by atoms with Crippen LogP contribution < -0.4 is 5.73 Å². The Bertz CT molecular complexity index is 367. The second-order valence-corrected chi connectivity index (χ2v) is 6.08. The summed E-state index contributed by atoms with van der Waals surface area (Å²) < 4.78 is 12.0. The third-order valence-electron chi connectivity index (χ3n) is 3.00. The quantitative estimate of drug-likeness (QED) is 0.755. The minimum Gasteiger partial charge on any atom is -0.379 e. The van der Waals surface area contributed by atoms with E-state index in [9.17, 15) is 4.21 Å². The third-order valence-corrected chi connectivity index (χ3v) is 4.72. The van der Waals surface area contributed by atoms with Crippen LogP contribution in [0.2, 0.25) is 0 Å². The molecule has 0 aliphatic heterocycles. The van der Waals surface area contributed by atoms with Gasteiger partial charge < -0.3 is 10.8 Å². The SMILES string of the molecule is NC(O)CCS(=O)C1Cc2ccccc2C1. The van der Waals surface area contributed by atoms with Gasteiger partial charge in [0.15, 0.2) is 0 Å². The molecule has 2 rings (SSSR count). The van der Waals surface area contributed by atoms with Gasteiger partial charge in [0.25, 0.3) is 0 Å². The highest BCUT2D eigenvalue weighted by Gasteiger charge is 2.25. The van der Waals surface area contributed by atoms with Crippen molar-refractivity contribution in [1.82, 2.24) is 0 Å². The minimum atomic E-state index is -0.882. The van der Waals surface area contributed by atoms with E-state index in [1.54, 1.807) is 0 Å². The smallest absolute Gasteiger partial charge is 0.103 e. The zero-order valence-corrected chi connectivity index (χ0v) is 9.95. The molecule has 0 bridgehead atoms. The lowest BCUT2D eigenvalue weighted by Gasteiger charge is -2.10. The molecule has 0 aromatic heterocycles. The fourth-order valence-electron chi connectivity index (χ4n) is 2.11. The Morgan fingerprint density at radius 2 is 1.94 bits per heavy atom. The van der Waals surface area contributed by atoms with Crippen LogP contribution in [0, 0.1) is 0 Å². The summed E-state index contributed by atoms with van der Waals surface area (Å²) in [4.78, 5) is 0. The number of hydrogen-bond acceptors (Lipinski definition) is 3. The summed E-state index contributed by atoms with van der Waals surface area (Å²) in [5.74, 6) is 0.496. The molecule has 1 aliphatic carbocycles. The molecule has 3 N–H and O–H groups in total. The first-order valence-electron chi connectivity index (χ1n) is 5.54. The third kappa shape index (κ3) is 2.70. The van der Waals surface area contributed by atoms with Gasteiger partial charge in [-0.15, -0.1) is 0 Å². The zero-order chi connectivity index (χ0) is 11.5. The summed E-state index contributed by atoms with van der Waals surface area (Å²) in [7, 11) is -0.882. The maximum Gasteiger partial charge on any atom is 0.103 e. The Morgan fingerprint density at radius 3 is 2.44 bits per heavy atom. The van der Waals surface area contributed by atoms with Crippen LogP contribution in [-0.2, 0) is 23.6 Å². The molecule has 2 atom stereocenters. The van der Waals surface area contributed by atoms with E-state index in [4.69, 9.17) is 10.8 Å². The van der Waals surface area contributed by atoms with Crippen molar-refractivity contribution >= 4 is 10.8 Å². The van der Waals surface area contributed by atoms with Crippen molar-refractivity contribution in [3.63, 3.8) is 0 Å². The van der Waals surface area contributed by atoms with Gasteiger partial charge in [0.2, 0.25) is 0 Å². The van der Waals surface area contributed by atoms with E-state index in [1.807, 2.05) is 12.1 Å². The number of rotatable bonds is 4. The van der Waals surface area contributed by atoms with E-state index in [0.29, 0.717) is 12.2 Å². The van der Waals surface area contributed by atoms with E-state index in [0.717, 1.165) is 12.8 Å². The summed E-state index contributed by atoms with van der Waals surface area (Å²) >= 11 is 0. The highest BCUT2D eigenvalue weighted by atomic mass is 32.2. The van der Waals surface area contributed by atoms with Gasteiger partial charge in [-0.05, 0) is 30.4 Å². The first kappa shape index (κ1) is 11.8. The molecule has 0 spiro atoms. The van der Waals surface area contributed by atoms with Crippen LogP contribution in [0.4, 0.5) is 0 Å². The molecule has 0 fully saturated rings. The summed E-state index contributed by atoms with van der Waals surface area (Å²) in [6, 6.07) is 8.25. The topological polar surface area (TPSA) is 63.3 Å². The number of fused-ring (bicyclic) bond motifs is 1. The number of nitrogens with two attached hydrogens (primary N) is 1. The highest BCUT2D eigenvalue weighted by Crippen LogP contribution is 2.25. The Morgan fingerprint density at radius 1 is 1.38 bits per heavy atom. The largest absolute Gasteiger partial charge is 0.379 e. The van der Waals surface area contributed by atoms with Gasteiger partial charge in [-0.25, -0.2) is 0 Å². The van der Waals surface area contributed by atoms with E-state index < -0.39 is 17.0 Å². The van der Waals surface area contributed by atoms with Crippen molar-refractivity contribution in [2.45, 2.75) is 30.7 Å². The predicted molar refractivity (Wildman–Crippen MR) is 65.5 cm³/mol. The van der Waals surface area contributed by atoms with Crippen LogP contribution in [0.5, 0.6) is 0 Å². The second-order valence-electron chi connectivity index (χ2n) is 4.24. The summed E-state index contributed by atoms with van der Waals surface area (Å²) in [5, 5.41) is 9.17. The molecular formula is C12H17NO2S. The Balaban J connectivity index is 1.93. The van der Waals surface area contributed by atoms with Crippen LogP contribution in [0.25, 0.3) is 0 Å². The molecule has 0 heterocycles. The molecule has 3 nitrogen and oxygen atoms in total. The Kier molecular flexibility index (Phi) is 3.74. The lowest BCUT2D eigenvalue weighted by molar-refractivity contribution is 0.179. The van der Waals surface area contributed by atoms with Crippen LogP contribution in [0.15, 0.2) is 24.3 Å². The highest BCUT2D eigenvalue weighted by molar-refractivity contribution is 7.85. The van der Waals surface area contributed by atoms with E-state index in [1.165, 1.54) is 11.1 Å². The molecule has 0 amide bonds. The number of aliphatic hydroxyl groups is 1. The monoisotopic (exact) mass is 239 g/mol. The molecule has 1 aromatic rings. The maximum atomic E-state index is 12.0. The molecule has 0 radical (unpaired) electrons. The molecule has 88 valence electrons. The van der Waals surface area contributed by atoms with E-state index in [2.05, 4.69) is 12.1 Å². The standard InChI is InChI=1S/C12H17NO2S/c13-12(14)5-6-16(15)11-7-9-3-1-2-4-10(9)8-11/h1-4,11-12,14H,5-8,13H2. The van der Waals surface area contributed by atoms with Crippen molar-refractivity contribution in [1.29, 1.82) is 0 Å². The molecule has 16 heavy (non-hydrogen) atoms. The summed E-state index contributed by atoms with van der Waals surface area (Å²) in [6.07, 6.45) is 1.36. The zero-order valence-electron chi connectivity index (χ0n) is 9.13. The second kappa shape index (κ2) is 5.08. The van der Waals surface area contributed by atoms with Crippen molar-refractivity contribution in [3.05, 3.63) is 35.4 Å². The first-order valence-corrected chi connectivity index (χ1v) is 6.92. The van der Waals surface area contributed by atoms with Crippen LogP contribution in [0.3, 0.4) is 0 Å². The number of benzene rings is 1. The fourth-order valence-corrected chi connectivity index (χ4v) is 3.65. The van der Waals surface area contributed by atoms with Crippen LogP contribution in [0.1, 0.15) is 17.5 Å². The van der Waals surface area contributed by atoms with Gasteiger partial charge in [-0.1, -0.05) is 24.3 Å². The molecule has 1 aromatic carbocycles. The minimum absolute atomic E-state index is 0.205. The van der Waals surface area contributed by atoms with E-state index >= 15 is 0 Å². The molecule has 0 saturated carbocycles. The maximum absolute atomic E-state index is 12.0. The number of aliphatic hydroxyl groups excluding tert-OH is 1. The van der Waals surface area contributed by atoms with Gasteiger partial charge >= 0.3 is 0 Å². The number of hydrogen-bond donors (Lipinski definition) is 2. The average Bonchev–Trinajstić information content (AvgIpc) is 2.69. The molecule has 2 unspecified atom stereocenters. The Hall–Kier alpha value is -0.710. The van der Waals surface area contributed by atoms with Crippen molar-refractivity contribution < 1.29 is 9.32 Å². The van der Waals surface area contributed by atoms with Gasteiger partial charge in [-0.2, -0.15) is 0 Å². The van der Waals surface area contributed by atoms with Crippen molar-refractivity contribution in [3.8, 4) is 0 Å². The van der Waals surface area contributed by atoms with Gasteiger partial charge in [0, 0.05) is 21.8 Å². The molecule has 4 heteroatoms. The van der Waals surface area contributed by atoms with Gasteiger partial charge in [0.05, 0.1) is 0 Å². The average molecular weight is 239 g/mol. The van der Waals surface area contributed by atoms with Crippen molar-refractivity contribution in [2.75, 3.05) is 5.75 Å². The van der Waals surface area contributed by atoms with Gasteiger partial charge in [-0.3, -0.25) is 4.21 Å². The first-order chi connectivity index (χ1) is 7.66. The lowest BCUT2D eigenvalue weighted by Crippen LogP contribution is -2.25. The normalized spacial score (nSPS) is 19.4. The summed E-state index contributed by atoms with van der Waals surface area (Å²) in [5.41, 5.74) is 7.87. The van der Waals surface area contributed by atoms with Crippen LogP contribution in [-0.4, -0.2) is 26.5 Å². The molecular weight excluding hydrogens is 222 g/mol. The lowest BCUT2D eigenvalue weighted by atomic mass is 10.1. The van der Waals surface area contributed by atoms with Crippen molar-refractivity contribution in [2.24, 2.45) is 5.73 Å². The molecule has 1 aliphatic rings. The molecule has 0 saturated heterocycles. The summed E-state index contributed by atoms with van der Waals surface area (Å²) in [6.45, 7) is 0. The van der Waals surface area contributed by atoms with Crippen LogP contribution >= 0.6 is 0 Å². The fraction of sp³-hybridized carbons (Fsp3) is 0.500. The van der Waals surface area contributed by atoms with Gasteiger partial charge in [0.1, 0.15) is 6.23 Å². The van der Waals surface area contributed by atoms with E-state index in [-0.39, 0.29) is 5.25 Å². The predicted octanol–water partition coefficient (Wildman–Crippen LogP) is 0.570. The Labute approximate surface area is 98.1 Å².